The predicted octanol–water partition coefficient (Wildman–Crippen LogP) is 4.71. The lowest BCUT2D eigenvalue weighted by Gasteiger charge is -2.13. The van der Waals surface area contributed by atoms with E-state index in [0.29, 0.717) is 37.0 Å². The standard InChI is InChI=1S/C23H26O4/c1-3-21(24)14-7-8-15-27-23(26)17(2)19-12-9-13-20(16-19)22(25)18-10-5-4-6-11-18/h4-6,9-13,16-17H,3,7-8,14-15H2,1-2H3. The van der Waals surface area contributed by atoms with Gasteiger partial charge in [-0.3, -0.25) is 14.4 Å². The van der Waals surface area contributed by atoms with Crippen LogP contribution in [0.3, 0.4) is 0 Å². The predicted molar refractivity (Wildman–Crippen MR) is 105 cm³/mol. The van der Waals surface area contributed by atoms with E-state index in [4.69, 9.17) is 4.74 Å². The summed E-state index contributed by atoms with van der Waals surface area (Å²) in [5.41, 5.74) is 1.92. The van der Waals surface area contributed by atoms with Crippen molar-refractivity contribution in [3.8, 4) is 0 Å². The second-order valence-electron chi connectivity index (χ2n) is 6.56. The zero-order valence-electron chi connectivity index (χ0n) is 15.9. The van der Waals surface area contributed by atoms with Gasteiger partial charge in [-0.05, 0) is 31.4 Å². The van der Waals surface area contributed by atoms with E-state index >= 15 is 0 Å². The second-order valence-corrected chi connectivity index (χ2v) is 6.56. The number of ether oxygens (including phenoxy) is 1. The van der Waals surface area contributed by atoms with Crippen LogP contribution in [0, 0.1) is 0 Å². The summed E-state index contributed by atoms with van der Waals surface area (Å²) < 4.78 is 5.32. The second kappa shape index (κ2) is 10.4. The Morgan fingerprint density at radius 3 is 2.33 bits per heavy atom. The van der Waals surface area contributed by atoms with Crippen LogP contribution in [0.25, 0.3) is 0 Å². The van der Waals surface area contributed by atoms with Gasteiger partial charge in [-0.2, -0.15) is 0 Å². The van der Waals surface area contributed by atoms with Crippen LogP contribution >= 0.6 is 0 Å². The zero-order chi connectivity index (χ0) is 19.6. The number of unbranched alkanes of at least 4 members (excludes halogenated alkanes) is 1. The van der Waals surface area contributed by atoms with E-state index in [1.54, 1.807) is 37.3 Å². The lowest BCUT2D eigenvalue weighted by Crippen LogP contribution is -2.15. The molecule has 4 heteroatoms. The molecule has 1 atom stereocenters. The Labute approximate surface area is 160 Å². The van der Waals surface area contributed by atoms with Crippen LogP contribution in [-0.2, 0) is 14.3 Å². The Hall–Kier alpha value is -2.75. The van der Waals surface area contributed by atoms with Gasteiger partial charge >= 0.3 is 5.97 Å². The Kier molecular flexibility index (Phi) is 7.93. The third-order valence-electron chi connectivity index (χ3n) is 4.53. The van der Waals surface area contributed by atoms with Crippen molar-refractivity contribution >= 4 is 17.5 Å². The van der Waals surface area contributed by atoms with Crippen molar-refractivity contribution in [1.29, 1.82) is 0 Å². The van der Waals surface area contributed by atoms with E-state index in [0.717, 1.165) is 12.0 Å². The van der Waals surface area contributed by atoms with E-state index in [2.05, 4.69) is 0 Å². The average Bonchev–Trinajstić information content (AvgIpc) is 2.72. The maximum Gasteiger partial charge on any atom is 0.313 e. The van der Waals surface area contributed by atoms with Crippen LogP contribution < -0.4 is 0 Å². The summed E-state index contributed by atoms with van der Waals surface area (Å²) in [6, 6.07) is 16.2. The van der Waals surface area contributed by atoms with E-state index in [1.807, 2.05) is 31.2 Å². The first kappa shape index (κ1) is 20.6. The van der Waals surface area contributed by atoms with Crippen LogP contribution in [0.1, 0.15) is 66.9 Å². The summed E-state index contributed by atoms with van der Waals surface area (Å²) in [6.45, 7) is 3.93. The zero-order valence-corrected chi connectivity index (χ0v) is 15.9. The van der Waals surface area contributed by atoms with Crippen molar-refractivity contribution < 1.29 is 19.1 Å². The van der Waals surface area contributed by atoms with Gasteiger partial charge in [0.05, 0.1) is 12.5 Å². The SMILES string of the molecule is CCC(=O)CCCCOC(=O)C(C)c1cccc(C(=O)c2ccccc2)c1. The first-order valence-electron chi connectivity index (χ1n) is 9.41. The van der Waals surface area contributed by atoms with Gasteiger partial charge in [0.1, 0.15) is 5.78 Å². The molecule has 0 fully saturated rings. The van der Waals surface area contributed by atoms with E-state index in [9.17, 15) is 14.4 Å². The highest BCUT2D eigenvalue weighted by molar-refractivity contribution is 6.09. The molecule has 0 spiro atoms. The van der Waals surface area contributed by atoms with E-state index < -0.39 is 5.92 Å². The molecule has 142 valence electrons. The van der Waals surface area contributed by atoms with Crippen molar-refractivity contribution in [3.05, 3.63) is 71.3 Å². The molecule has 0 aromatic heterocycles. The first-order chi connectivity index (χ1) is 13.0. The highest BCUT2D eigenvalue weighted by Gasteiger charge is 2.18. The molecule has 1 unspecified atom stereocenters. The van der Waals surface area contributed by atoms with Gasteiger partial charge in [0.25, 0.3) is 0 Å². The van der Waals surface area contributed by atoms with Crippen LogP contribution in [0.5, 0.6) is 0 Å². The van der Waals surface area contributed by atoms with Gasteiger partial charge in [0.15, 0.2) is 5.78 Å². The molecule has 2 aromatic rings. The summed E-state index contributed by atoms with van der Waals surface area (Å²) >= 11 is 0. The minimum Gasteiger partial charge on any atom is -0.465 e. The Bertz CT molecular complexity index is 780. The average molecular weight is 366 g/mol. The quantitative estimate of drug-likeness (QED) is 0.347. The largest absolute Gasteiger partial charge is 0.465 e. The smallest absolute Gasteiger partial charge is 0.313 e. The first-order valence-corrected chi connectivity index (χ1v) is 9.41. The highest BCUT2D eigenvalue weighted by Crippen LogP contribution is 2.20. The fourth-order valence-electron chi connectivity index (χ4n) is 2.74. The van der Waals surface area contributed by atoms with Crippen molar-refractivity contribution in [2.75, 3.05) is 6.61 Å². The monoisotopic (exact) mass is 366 g/mol. The third kappa shape index (κ3) is 6.17. The molecule has 0 N–H and O–H groups in total. The van der Waals surface area contributed by atoms with Gasteiger partial charge in [0.2, 0.25) is 0 Å². The molecule has 2 aromatic carbocycles. The number of hydrogen-bond acceptors (Lipinski definition) is 4. The molecule has 0 saturated heterocycles. The fraction of sp³-hybridized carbons (Fsp3) is 0.348. The van der Waals surface area contributed by atoms with Gasteiger partial charge in [-0.15, -0.1) is 0 Å². The molecule has 2 rings (SSSR count). The lowest BCUT2D eigenvalue weighted by atomic mass is 9.96. The number of benzene rings is 2. The summed E-state index contributed by atoms with van der Waals surface area (Å²) in [4.78, 5) is 36.1. The molecule has 0 radical (unpaired) electrons. The van der Waals surface area contributed by atoms with Gasteiger partial charge in [-0.25, -0.2) is 0 Å². The summed E-state index contributed by atoms with van der Waals surface area (Å²) in [6.07, 6.45) is 2.49. The van der Waals surface area contributed by atoms with E-state index in [-0.39, 0.29) is 17.5 Å². The normalized spacial score (nSPS) is 11.6. The molecular formula is C23H26O4. The van der Waals surface area contributed by atoms with E-state index in [1.165, 1.54) is 0 Å². The number of ketones is 2. The van der Waals surface area contributed by atoms with Crippen LogP contribution in [0.4, 0.5) is 0 Å². The summed E-state index contributed by atoms with van der Waals surface area (Å²) in [5, 5.41) is 0. The molecule has 0 amide bonds. The minimum atomic E-state index is -0.453. The highest BCUT2D eigenvalue weighted by atomic mass is 16.5. The summed E-state index contributed by atoms with van der Waals surface area (Å²) in [5.74, 6) is -0.611. The van der Waals surface area contributed by atoms with Crippen molar-refractivity contribution in [2.45, 2.75) is 45.4 Å². The van der Waals surface area contributed by atoms with Crippen LogP contribution in [-0.4, -0.2) is 24.1 Å². The lowest BCUT2D eigenvalue weighted by molar-refractivity contribution is -0.145. The number of hydrogen-bond donors (Lipinski definition) is 0. The Morgan fingerprint density at radius 1 is 0.926 bits per heavy atom. The molecule has 0 heterocycles. The summed E-state index contributed by atoms with van der Waals surface area (Å²) in [7, 11) is 0. The Morgan fingerprint density at radius 2 is 1.63 bits per heavy atom. The van der Waals surface area contributed by atoms with Gasteiger partial charge in [0, 0.05) is 24.0 Å². The van der Waals surface area contributed by atoms with Crippen molar-refractivity contribution in [1.82, 2.24) is 0 Å². The number of carbonyl (C=O) groups is 3. The Balaban J connectivity index is 1.92. The maximum absolute atomic E-state index is 12.6. The molecular weight excluding hydrogens is 340 g/mol. The van der Waals surface area contributed by atoms with Gasteiger partial charge < -0.3 is 4.74 Å². The number of carbonyl (C=O) groups excluding carboxylic acids is 3. The minimum absolute atomic E-state index is 0.0707. The molecule has 0 aliphatic heterocycles. The van der Waals surface area contributed by atoms with Crippen LogP contribution in [0.2, 0.25) is 0 Å². The van der Waals surface area contributed by atoms with Crippen molar-refractivity contribution in [3.63, 3.8) is 0 Å². The van der Waals surface area contributed by atoms with Gasteiger partial charge in [-0.1, -0.05) is 55.5 Å². The maximum atomic E-state index is 12.6. The molecule has 27 heavy (non-hydrogen) atoms. The number of rotatable bonds is 10. The fourth-order valence-corrected chi connectivity index (χ4v) is 2.74. The topological polar surface area (TPSA) is 60.4 Å². The molecule has 0 aliphatic carbocycles. The van der Waals surface area contributed by atoms with Crippen LogP contribution in [0.15, 0.2) is 54.6 Å². The number of Topliss-reactive ketones (excluding diaryl/α,β-unsaturated/α-hetero) is 1. The molecule has 0 aliphatic rings. The third-order valence-corrected chi connectivity index (χ3v) is 4.53. The number of esters is 1. The van der Waals surface area contributed by atoms with Crippen molar-refractivity contribution in [2.24, 2.45) is 0 Å². The molecule has 4 nitrogen and oxygen atoms in total. The molecule has 0 bridgehead atoms. The molecule has 0 saturated carbocycles.